The first-order valence-corrected chi connectivity index (χ1v) is 9.99. The number of carbonyl (C=O) groups excluding carboxylic acids is 1. The van der Waals surface area contributed by atoms with Crippen molar-refractivity contribution in [1.82, 2.24) is 4.98 Å². The summed E-state index contributed by atoms with van der Waals surface area (Å²) in [5.41, 5.74) is 5.77. The van der Waals surface area contributed by atoms with E-state index in [-0.39, 0.29) is 18.0 Å². The summed E-state index contributed by atoms with van der Waals surface area (Å²) < 4.78 is 0. The Kier molecular flexibility index (Phi) is 5.23. The first-order valence-electron chi connectivity index (χ1n) is 9.99. The van der Waals surface area contributed by atoms with Gasteiger partial charge in [-0.25, -0.2) is 0 Å². The van der Waals surface area contributed by atoms with Crippen molar-refractivity contribution >= 4 is 22.5 Å². The van der Waals surface area contributed by atoms with E-state index in [1.54, 1.807) is 4.90 Å². The molecule has 1 aromatic heterocycles. The predicted molar refractivity (Wildman–Crippen MR) is 122 cm³/mol. The number of fused-ring (bicyclic) bond motifs is 1. The van der Waals surface area contributed by atoms with Gasteiger partial charge in [0.2, 0.25) is 0 Å². The number of aryl methyl sites for hydroxylation is 3. The Labute approximate surface area is 175 Å². The Morgan fingerprint density at radius 2 is 1.57 bits per heavy atom. The first-order chi connectivity index (χ1) is 14.4. The number of nitrogens with zero attached hydrogens (tertiary/aromatic N) is 1. The number of pyridine rings is 1. The standard InChI is InChI=1S/C26H24N2O2/c1-17-8-11-20(12-9-17)26(30)28(24-13-10-18(2)14-19(24)3)16-22-15-21-6-4-5-7-23(21)27-25(22)29/h4-15H,16H2,1-3H3,(H,27,29). The van der Waals surface area contributed by atoms with Gasteiger partial charge in [0.05, 0.1) is 6.54 Å². The average molecular weight is 396 g/mol. The number of para-hydroxylation sites is 1. The Morgan fingerprint density at radius 1 is 0.867 bits per heavy atom. The Hall–Kier alpha value is -3.66. The minimum Gasteiger partial charge on any atom is -0.322 e. The third kappa shape index (κ3) is 3.90. The monoisotopic (exact) mass is 396 g/mol. The highest BCUT2D eigenvalue weighted by Crippen LogP contribution is 2.25. The molecular weight excluding hydrogens is 372 g/mol. The summed E-state index contributed by atoms with van der Waals surface area (Å²) in [6, 6.07) is 23.0. The number of H-pyrrole nitrogens is 1. The van der Waals surface area contributed by atoms with Crippen LogP contribution in [-0.2, 0) is 6.54 Å². The molecule has 0 fully saturated rings. The minimum absolute atomic E-state index is 0.130. The van der Waals surface area contributed by atoms with Crippen molar-refractivity contribution in [2.24, 2.45) is 0 Å². The molecule has 150 valence electrons. The van der Waals surface area contributed by atoms with E-state index in [1.807, 2.05) is 87.5 Å². The molecule has 4 aromatic rings. The molecule has 0 aliphatic heterocycles. The van der Waals surface area contributed by atoms with Crippen LogP contribution in [0.25, 0.3) is 10.9 Å². The minimum atomic E-state index is -0.180. The zero-order chi connectivity index (χ0) is 21.3. The smallest absolute Gasteiger partial charge is 0.258 e. The van der Waals surface area contributed by atoms with Gasteiger partial charge in [0, 0.05) is 22.3 Å². The zero-order valence-corrected chi connectivity index (χ0v) is 17.4. The van der Waals surface area contributed by atoms with Crippen molar-refractivity contribution in [2.45, 2.75) is 27.3 Å². The second-order valence-corrected chi connectivity index (χ2v) is 7.76. The van der Waals surface area contributed by atoms with Gasteiger partial charge in [0.15, 0.2) is 0 Å². The number of nitrogens with one attached hydrogen (secondary N) is 1. The van der Waals surface area contributed by atoms with Gasteiger partial charge in [-0.1, -0.05) is 53.6 Å². The number of benzene rings is 3. The molecule has 3 aromatic carbocycles. The number of anilines is 1. The van der Waals surface area contributed by atoms with Crippen LogP contribution >= 0.6 is 0 Å². The van der Waals surface area contributed by atoms with E-state index in [4.69, 9.17) is 0 Å². The van der Waals surface area contributed by atoms with Crippen LogP contribution in [0.2, 0.25) is 0 Å². The Balaban J connectivity index is 1.81. The van der Waals surface area contributed by atoms with Gasteiger partial charge in [-0.15, -0.1) is 0 Å². The highest BCUT2D eigenvalue weighted by atomic mass is 16.2. The summed E-state index contributed by atoms with van der Waals surface area (Å²) in [7, 11) is 0. The summed E-state index contributed by atoms with van der Waals surface area (Å²) >= 11 is 0. The van der Waals surface area contributed by atoms with E-state index in [0.29, 0.717) is 11.1 Å². The molecule has 4 nitrogen and oxygen atoms in total. The van der Waals surface area contributed by atoms with Crippen LogP contribution in [0.1, 0.15) is 32.6 Å². The predicted octanol–water partition coefficient (Wildman–Crippen LogP) is 5.30. The molecule has 1 heterocycles. The summed E-state index contributed by atoms with van der Waals surface area (Å²) in [4.78, 5) is 30.9. The SMILES string of the molecule is Cc1ccc(C(=O)N(Cc2cc3ccccc3[nH]c2=O)c2ccc(C)cc2C)cc1. The molecule has 1 amide bonds. The molecule has 0 spiro atoms. The molecule has 0 aliphatic carbocycles. The highest BCUT2D eigenvalue weighted by Gasteiger charge is 2.21. The summed E-state index contributed by atoms with van der Waals surface area (Å²) in [6.07, 6.45) is 0. The van der Waals surface area contributed by atoms with Gasteiger partial charge in [-0.3, -0.25) is 9.59 Å². The maximum absolute atomic E-state index is 13.5. The summed E-state index contributed by atoms with van der Waals surface area (Å²) in [5, 5.41) is 0.940. The normalized spacial score (nSPS) is 10.9. The second kappa shape index (κ2) is 7.99. The van der Waals surface area contributed by atoms with E-state index in [0.717, 1.165) is 33.3 Å². The summed E-state index contributed by atoms with van der Waals surface area (Å²) in [6.45, 7) is 6.20. The molecule has 4 heteroatoms. The molecule has 4 rings (SSSR count). The van der Waals surface area contributed by atoms with E-state index >= 15 is 0 Å². The Bertz CT molecular complexity index is 1290. The van der Waals surface area contributed by atoms with Crippen molar-refractivity contribution in [3.8, 4) is 0 Å². The molecule has 0 atom stereocenters. The first kappa shape index (κ1) is 19.6. The van der Waals surface area contributed by atoms with Crippen LogP contribution < -0.4 is 10.5 Å². The van der Waals surface area contributed by atoms with Crippen molar-refractivity contribution in [3.05, 3.63) is 111 Å². The van der Waals surface area contributed by atoms with Gasteiger partial charge in [-0.2, -0.15) is 0 Å². The number of hydrogen-bond acceptors (Lipinski definition) is 2. The molecule has 1 N–H and O–H groups in total. The van der Waals surface area contributed by atoms with Gasteiger partial charge in [0.25, 0.3) is 11.5 Å². The highest BCUT2D eigenvalue weighted by molar-refractivity contribution is 6.06. The molecule has 0 radical (unpaired) electrons. The second-order valence-electron chi connectivity index (χ2n) is 7.76. The zero-order valence-electron chi connectivity index (χ0n) is 17.4. The Morgan fingerprint density at radius 3 is 2.30 bits per heavy atom. The van der Waals surface area contributed by atoms with E-state index < -0.39 is 0 Å². The third-order valence-corrected chi connectivity index (χ3v) is 5.35. The molecule has 0 saturated heterocycles. The number of amides is 1. The van der Waals surface area contributed by atoms with Crippen molar-refractivity contribution in [2.75, 3.05) is 4.90 Å². The van der Waals surface area contributed by atoms with E-state index in [1.165, 1.54) is 0 Å². The van der Waals surface area contributed by atoms with Crippen molar-refractivity contribution < 1.29 is 4.79 Å². The van der Waals surface area contributed by atoms with Crippen LogP contribution in [-0.4, -0.2) is 10.9 Å². The van der Waals surface area contributed by atoms with Gasteiger partial charge in [-0.05, 0) is 62.1 Å². The molecule has 0 aliphatic rings. The largest absolute Gasteiger partial charge is 0.322 e. The molecular formula is C26H24N2O2. The van der Waals surface area contributed by atoms with Crippen LogP contribution in [0.4, 0.5) is 5.69 Å². The fourth-order valence-electron chi connectivity index (χ4n) is 3.71. The third-order valence-electron chi connectivity index (χ3n) is 5.35. The quantitative estimate of drug-likeness (QED) is 0.509. The molecule has 0 bridgehead atoms. The average Bonchev–Trinajstić information content (AvgIpc) is 2.73. The fourth-order valence-corrected chi connectivity index (χ4v) is 3.71. The lowest BCUT2D eigenvalue weighted by Crippen LogP contribution is -2.33. The topological polar surface area (TPSA) is 53.2 Å². The lowest BCUT2D eigenvalue weighted by atomic mass is 10.1. The maximum Gasteiger partial charge on any atom is 0.258 e. The fraction of sp³-hybridized carbons (Fsp3) is 0.154. The van der Waals surface area contributed by atoms with Gasteiger partial charge >= 0.3 is 0 Å². The van der Waals surface area contributed by atoms with Crippen LogP contribution in [0.5, 0.6) is 0 Å². The van der Waals surface area contributed by atoms with Gasteiger partial charge < -0.3 is 9.88 Å². The lowest BCUT2D eigenvalue weighted by molar-refractivity contribution is 0.0985. The molecule has 0 saturated carbocycles. The number of rotatable bonds is 4. The number of hydrogen-bond donors (Lipinski definition) is 1. The van der Waals surface area contributed by atoms with Crippen LogP contribution in [0, 0.1) is 20.8 Å². The van der Waals surface area contributed by atoms with Crippen molar-refractivity contribution in [3.63, 3.8) is 0 Å². The number of aromatic amines is 1. The molecule has 0 unspecified atom stereocenters. The van der Waals surface area contributed by atoms with Gasteiger partial charge in [0.1, 0.15) is 0 Å². The van der Waals surface area contributed by atoms with Crippen molar-refractivity contribution in [1.29, 1.82) is 0 Å². The van der Waals surface area contributed by atoms with E-state index in [2.05, 4.69) is 11.1 Å². The molecule has 30 heavy (non-hydrogen) atoms. The number of carbonyl (C=O) groups is 1. The van der Waals surface area contributed by atoms with Crippen LogP contribution in [0.15, 0.2) is 77.6 Å². The summed E-state index contributed by atoms with van der Waals surface area (Å²) in [5.74, 6) is -0.130. The number of aromatic nitrogens is 1. The maximum atomic E-state index is 13.5. The lowest BCUT2D eigenvalue weighted by Gasteiger charge is -2.25. The van der Waals surface area contributed by atoms with Crippen LogP contribution in [0.3, 0.4) is 0 Å². The van der Waals surface area contributed by atoms with E-state index in [9.17, 15) is 9.59 Å².